The fourth-order valence-corrected chi connectivity index (χ4v) is 2.47. The minimum Gasteiger partial charge on any atom is -0.334 e. The summed E-state index contributed by atoms with van der Waals surface area (Å²) in [6, 6.07) is 6.39. The number of hydrogen-bond donors (Lipinski definition) is 1. The molecule has 4 nitrogen and oxygen atoms in total. The summed E-state index contributed by atoms with van der Waals surface area (Å²) in [5.74, 6) is 0. The molecule has 0 spiro atoms. The van der Waals surface area contributed by atoms with Gasteiger partial charge in [-0.2, -0.15) is 0 Å². The monoisotopic (exact) mass is 253 g/mol. The van der Waals surface area contributed by atoms with E-state index >= 15 is 0 Å². The highest BCUT2D eigenvalue weighted by atomic mass is 15.0. The fraction of sp³-hybridized carbons (Fsp3) is 0.200. The van der Waals surface area contributed by atoms with Crippen LogP contribution < -0.4 is 4.57 Å². The van der Waals surface area contributed by atoms with E-state index in [1.165, 1.54) is 22.4 Å². The van der Waals surface area contributed by atoms with Gasteiger partial charge < -0.3 is 4.57 Å². The molecule has 4 heteroatoms. The normalized spacial score (nSPS) is 10.9. The molecule has 3 rings (SSSR count). The van der Waals surface area contributed by atoms with Gasteiger partial charge in [0, 0.05) is 18.2 Å². The predicted octanol–water partition coefficient (Wildman–Crippen LogP) is 2.22. The first-order valence-electron chi connectivity index (χ1n) is 6.27. The van der Waals surface area contributed by atoms with Crippen molar-refractivity contribution in [3.63, 3.8) is 0 Å². The van der Waals surface area contributed by atoms with Crippen LogP contribution in [-0.2, 0) is 14.1 Å². The molecule has 0 aliphatic heterocycles. The van der Waals surface area contributed by atoms with Crippen LogP contribution in [0.15, 0.2) is 43.2 Å². The third-order valence-corrected chi connectivity index (χ3v) is 3.57. The van der Waals surface area contributed by atoms with E-state index in [0.29, 0.717) is 0 Å². The average molecular weight is 253 g/mol. The van der Waals surface area contributed by atoms with Crippen LogP contribution in [0.3, 0.4) is 0 Å². The first-order chi connectivity index (χ1) is 9.18. The Bertz CT molecular complexity index is 663. The molecular weight excluding hydrogens is 236 g/mol. The lowest BCUT2D eigenvalue weighted by Gasteiger charge is -2.10. The lowest BCUT2D eigenvalue weighted by molar-refractivity contribution is -0.659. The number of aryl methyl sites for hydroxylation is 2. The number of aromatic nitrogens is 4. The van der Waals surface area contributed by atoms with Gasteiger partial charge in [0.25, 0.3) is 0 Å². The molecule has 0 radical (unpaired) electrons. The largest absolute Gasteiger partial charge is 0.334 e. The first kappa shape index (κ1) is 11.7. The van der Waals surface area contributed by atoms with Gasteiger partial charge in [-0.1, -0.05) is 18.2 Å². The Morgan fingerprint density at radius 2 is 2.05 bits per heavy atom. The van der Waals surface area contributed by atoms with Crippen LogP contribution in [0, 0.1) is 6.92 Å². The molecule has 0 atom stereocenters. The van der Waals surface area contributed by atoms with Crippen molar-refractivity contribution in [3.05, 3.63) is 48.8 Å². The maximum absolute atomic E-state index is 4.20. The standard InChI is InChI=1S/C15H16N4/c1-11-12(14-7-16-9-18(14)2)5-4-6-13(11)15-8-17-10-19(15)3/h4-10H,1-3H3/p+1. The Morgan fingerprint density at radius 1 is 1.26 bits per heavy atom. The van der Waals surface area contributed by atoms with Crippen molar-refractivity contribution in [1.82, 2.24) is 14.5 Å². The molecule has 0 fully saturated rings. The van der Waals surface area contributed by atoms with E-state index < -0.39 is 0 Å². The van der Waals surface area contributed by atoms with Crippen molar-refractivity contribution in [2.24, 2.45) is 14.1 Å². The maximum Gasteiger partial charge on any atom is 0.241 e. The smallest absolute Gasteiger partial charge is 0.241 e. The molecule has 2 heterocycles. The zero-order chi connectivity index (χ0) is 13.4. The number of benzene rings is 1. The van der Waals surface area contributed by atoms with Gasteiger partial charge >= 0.3 is 0 Å². The van der Waals surface area contributed by atoms with Gasteiger partial charge in [0.15, 0.2) is 5.69 Å². The van der Waals surface area contributed by atoms with Crippen molar-refractivity contribution >= 4 is 0 Å². The Labute approximate surface area is 112 Å². The Morgan fingerprint density at radius 3 is 2.68 bits per heavy atom. The third kappa shape index (κ3) is 1.85. The summed E-state index contributed by atoms with van der Waals surface area (Å²) in [6.07, 6.45) is 7.71. The van der Waals surface area contributed by atoms with Gasteiger partial charge in [-0.15, -0.1) is 0 Å². The molecule has 3 aromatic rings. The molecule has 1 N–H and O–H groups in total. The van der Waals surface area contributed by atoms with Crippen LogP contribution in [0.1, 0.15) is 5.56 Å². The zero-order valence-corrected chi connectivity index (χ0v) is 11.4. The number of imidazole rings is 2. The van der Waals surface area contributed by atoms with Gasteiger partial charge in [-0.3, -0.25) is 0 Å². The quantitative estimate of drug-likeness (QED) is 0.699. The molecule has 0 saturated carbocycles. The molecular formula is C15H17N4+. The van der Waals surface area contributed by atoms with Crippen LogP contribution in [0.5, 0.6) is 0 Å². The topological polar surface area (TPSA) is 37.5 Å². The van der Waals surface area contributed by atoms with Crippen LogP contribution >= 0.6 is 0 Å². The lowest BCUT2D eigenvalue weighted by atomic mass is 9.98. The van der Waals surface area contributed by atoms with Gasteiger partial charge in [-0.05, 0) is 12.5 Å². The average Bonchev–Trinajstić information content (AvgIpc) is 2.99. The maximum atomic E-state index is 4.20. The minimum absolute atomic E-state index is 1.14. The molecule has 19 heavy (non-hydrogen) atoms. The highest BCUT2D eigenvalue weighted by molar-refractivity contribution is 5.73. The van der Waals surface area contributed by atoms with Crippen LogP contribution in [0.2, 0.25) is 0 Å². The number of nitrogens with one attached hydrogen (secondary N) is 1. The molecule has 0 aliphatic carbocycles. The Hall–Kier alpha value is -2.36. The fourth-order valence-electron chi connectivity index (χ4n) is 2.47. The van der Waals surface area contributed by atoms with Crippen molar-refractivity contribution < 1.29 is 4.57 Å². The molecule has 0 saturated heterocycles. The zero-order valence-electron chi connectivity index (χ0n) is 11.4. The van der Waals surface area contributed by atoms with Crippen LogP contribution in [0.25, 0.3) is 22.5 Å². The number of rotatable bonds is 2. The number of nitrogens with zero attached hydrogens (tertiary/aromatic N) is 3. The lowest BCUT2D eigenvalue weighted by Crippen LogP contribution is -2.27. The van der Waals surface area contributed by atoms with E-state index in [1.807, 2.05) is 43.7 Å². The van der Waals surface area contributed by atoms with E-state index in [2.05, 4.69) is 39.7 Å². The van der Waals surface area contributed by atoms with Crippen LogP contribution in [-0.4, -0.2) is 14.5 Å². The number of H-pyrrole nitrogens is 1. The highest BCUT2D eigenvalue weighted by Gasteiger charge is 2.15. The number of aromatic amines is 1. The van der Waals surface area contributed by atoms with E-state index in [9.17, 15) is 0 Å². The van der Waals surface area contributed by atoms with Crippen molar-refractivity contribution in [1.29, 1.82) is 0 Å². The molecule has 0 unspecified atom stereocenters. The minimum atomic E-state index is 1.14. The molecule has 2 aromatic heterocycles. The van der Waals surface area contributed by atoms with Crippen molar-refractivity contribution in [2.75, 3.05) is 0 Å². The van der Waals surface area contributed by atoms with Gasteiger partial charge in [0.1, 0.15) is 6.20 Å². The summed E-state index contributed by atoms with van der Waals surface area (Å²) in [7, 11) is 4.06. The van der Waals surface area contributed by atoms with E-state index in [1.54, 1.807) is 0 Å². The second-order valence-electron chi connectivity index (χ2n) is 4.80. The molecule has 0 bridgehead atoms. The van der Waals surface area contributed by atoms with Crippen LogP contribution in [0.4, 0.5) is 0 Å². The van der Waals surface area contributed by atoms with E-state index in [-0.39, 0.29) is 0 Å². The van der Waals surface area contributed by atoms with Gasteiger partial charge in [0.2, 0.25) is 6.33 Å². The summed E-state index contributed by atoms with van der Waals surface area (Å²) in [5, 5.41) is 0. The second-order valence-corrected chi connectivity index (χ2v) is 4.80. The molecule has 1 aromatic carbocycles. The highest BCUT2D eigenvalue weighted by Crippen LogP contribution is 2.29. The number of hydrogen-bond acceptors (Lipinski definition) is 1. The Balaban J connectivity index is 2.21. The van der Waals surface area contributed by atoms with Gasteiger partial charge in [0.05, 0.1) is 25.3 Å². The molecule has 0 amide bonds. The van der Waals surface area contributed by atoms with E-state index in [4.69, 9.17) is 0 Å². The summed E-state index contributed by atoms with van der Waals surface area (Å²) < 4.78 is 4.14. The van der Waals surface area contributed by atoms with Crippen molar-refractivity contribution in [2.45, 2.75) is 6.92 Å². The summed E-state index contributed by atoms with van der Waals surface area (Å²) in [5.41, 5.74) is 6.04. The van der Waals surface area contributed by atoms with E-state index in [0.717, 1.165) is 5.69 Å². The molecule has 0 aliphatic rings. The predicted molar refractivity (Wildman–Crippen MR) is 74.3 cm³/mol. The van der Waals surface area contributed by atoms with Crippen molar-refractivity contribution in [3.8, 4) is 22.5 Å². The third-order valence-electron chi connectivity index (χ3n) is 3.57. The second kappa shape index (κ2) is 4.39. The SMILES string of the molecule is Cc1c(-c2cncn2C)cccc1-c1c[nH]c[n+]1C. The Kier molecular flexibility index (Phi) is 2.71. The summed E-state index contributed by atoms with van der Waals surface area (Å²) in [6.45, 7) is 2.16. The molecule has 96 valence electrons. The summed E-state index contributed by atoms with van der Waals surface area (Å²) in [4.78, 5) is 7.34. The summed E-state index contributed by atoms with van der Waals surface area (Å²) >= 11 is 0. The van der Waals surface area contributed by atoms with Gasteiger partial charge in [-0.25, -0.2) is 14.5 Å². The first-order valence-corrected chi connectivity index (χ1v) is 6.27.